The highest BCUT2D eigenvalue weighted by molar-refractivity contribution is 6.04. The van der Waals surface area contributed by atoms with E-state index in [9.17, 15) is 9.59 Å². The molecule has 2 aromatic heterocycles. The van der Waals surface area contributed by atoms with Crippen LogP contribution in [-0.4, -0.2) is 74.0 Å². The number of aryl methyl sites for hydroxylation is 2. The zero-order valence-corrected chi connectivity index (χ0v) is 19.0. The highest BCUT2D eigenvalue weighted by Crippen LogP contribution is 2.37. The predicted octanol–water partition coefficient (Wildman–Crippen LogP) is 1.76. The van der Waals surface area contributed by atoms with Crippen LogP contribution >= 0.6 is 0 Å². The first kappa shape index (κ1) is 20.7. The molecule has 168 valence electrons. The van der Waals surface area contributed by atoms with Gasteiger partial charge in [-0.1, -0.05) is 18.2 Å². The monoisotopic (exact) mass is 436 g/mol. The third-order valence-electron chi connectivity index (χ3n) is 6.82. The van der Waals surface area contributed by atoms with E-state index in [2.05, 4.69) is 10.2 Å². The maximum Gasteiger partial charge on any atom is 0.275 e. The summed E-state index contributed by atoms with van der Waals surface area (Å²) < 4.78 is 9.92. The summed E-state index contributed by atoms with van der Waals surface area (Å²) in [5.41, 5.74) is 3.53. The second kappa shape index (κ2) is 7.44. The lowest BCUT2D eigenvalue weighted by Crippen LogP contribution is -2.50. The molecule has 9 nitrogen and oxygen atoms in total. The lowest BCUT2D eigenvalue weighted by atomic mass is 9.83. The summed E-state index contributed by atoms with van der Waals surface area (Å²) in [5.74, 6) is -0.142. The molecule has 0 atom stereocenters. The third-order valence-corrected chi connectivity index (χ3v) is 6.82. The van der Waals surface area contributed by atoms with Gasteiger partial charge in [0.05, 0.1) is 17.7 Å². The lowest BCUT2D eigenvalue weighted by molar-refractivity contribution is -0.0990. The number of fused-ring (bicyclic) bond motifs is 2. The van der Waals surface area contributed by atoms with Gasteiger partial charge in [0.15, 0.2) is 11.4 Å². The molecule has 2 amide bonds. The quantitative estimate of drug-likeness (QED) is 0.611. The number of para-hydroxylation sites is 1. The van der Waals surface area contributed by atoms with E-state index in [0.717, 1.165) is 35.0 Å². The van der Waals surface area contributed by atoms with Gasteiger partial charge in [-0.3, -0.25) is 19.0 Å². The van der Waals surface area contributed by atoms with Crippen LogP contribution in [0.1, 0.15) is 45.1 Å². The second-order valence-corrected chi connectivity index (χ2v) is 9.03. The van der Waals surface area contributed by atoms with Crippen LogP contribution in [0.4, 0.5) is 0 Å². The fourth-order valence-corrected chi connectivity index (χ4v) is 4.90. The summed E-state index contributed by atoms with van der Waals surface area (Å²) >= 11 is 0. The fourth-order valence-electron chi connectivity index (χ4n) is 4.90. The number of aromatic nitrogens is 4. The van der Waals surface area contributed by atoms with Gasteiger partial charge in [-0.05, 0) is 18.9 Å². The number of benzene rings is 1. The molecule has 1 fully saturated rings. The molecular formula is C23H28N6O3. The van der Waals surface area contributed by atoms with E-state index in [1.54, 1.807) is 23.7 Å². The van der Waals surface area contributed by atoms with E-state index in [0.29, 0.717) is 37.5 Å². The number of hydrogen-bond donors (Lipinski definition) is 0. The highest BCUT2D eigenvalue weighted by atomic mass is 16.5. The van der Waals surface area contributed by atoms with Crippen molar-refractivity contribution in [1.82, 2.24) is 29.4 Å². The van der Waals surface area contributed by atoms with Crippen LogP contribution in [0.2, 0.25) is 0 Å². The predicted molar refractivity (Wildman–Crippen MR) is 118 cm³/mol. The first-order valence-electron chi connectivity index (χ1n) is 10.9. The summed E-state index contributed by atoms with van der Waals surface area (Å²) in [4.78, 5) is 29.2. The van der Waals surface area contributed by atoms with Gasteiger partial charge >= 0.3 is 0 Å². The Bertz CT molecular complexity index is 1220. The van der Waals surface area contributed by atoms with E-state index >= 15 is 0 Å². The lowest BCUT2D eigenvalue weighted by Gasteiger charge is -2.43. The van der Waals surface area contributed by atoms with Gasteiger partial charge < -0.3 is 14.5 Å². The van der Waals surface area contributed by atoms with E-state index in [1.807, 2.05) is 47.9 Å². The number of rotatable bonds is 2. The largest absolute Gasteiger partial charge is 0.370 e. The number of amides is 2. The van der Waals surface area contributed by atoms with Crippen LogP contribution in [0.5, 0.6) is 0 Å². The van der Waals surface area contributed by atoms with E-state index in [-0.39, 0.29) is 17.4 Å². The molecular weight excluding hydrogens is 408 g/mol. The molecule has 0 radical (unpaired) electrons. The van der Waals surface area contributed by atoms with Crippen LogP contribution in [0, 0.1) is 0 Å². The number of carbonyl (C=O) groups is 2. The van der Waals surface area contributed by atoms with Crippen LogP contribution in [0.3, 0.4) is 0 Å². The molecule has 5 rings (SSSR count). The number of likely N-dealkylation sites (tertiary alicyclic amines) is 1. The minimum absolute atomic E-state index is 0.0347. The van der Waals surface area contributed by atoms with Crippen molar-refractivity contribution in [2.75, 3.05) is 27.2 Å². The Morgan fingerprint density at radius 3 is 2.44 bits per heavy atom. The molecule has 9 heteroatoms. The van der Waals surface area contributed by atoms with Crippen molar-refractivity contribution in [2.45, 2.75) is 31.5 Å². The van der Waals surface area contributed by atoms with Gasteiger partial charge in [-0.25, -0.2) is 0 Å². The SMILES string of the molecule is CN(C)C(=O)c1nn(C)c2c1COC1(CCN(C(=O)c3nn(C)c4ccccc34)CC1)C2. The number of piperidine rings is 1. The van der Waals surface area contributed by atoms with E-state index < -0.39 is 0 Å². The summed E-state index contributed by atoms with van der Waals surface area (Å²) in [7, 11) is 7.20. The van der Waals surface area contributed by atoms with Gasteiger partial charge in [-0.15, -0.1) is 0 Å². The Morgan fingerprint density at radius 1 is 1.03 bits per heavy atom. The summed E-state index contributed by atoms with van der Waals surface area (Å²) in [6.07, 6.45) is 2.18. The molecule has 1 spiro atoms. The standard InChI is InChI=1S/C23H28N6O3/c1-26(2)21(30)20-16-14-32-23(13-18(16)28(4)25-20)9-11-29(12-10-23)22(31)19-15-7-5-6-8-17(15)27(3)24-19/h5-8H,9-14H2,1-4H3. The van der Waals surface area contributed by atoms with Crippen molar-refractivity contribution in [3.8, 4) is 0 Å². The zero-order valence-electron chi connectivity index (χ0n) is 19.0. The van der Waals surface area contributed by atoms with Gasteiger partial charge in [0, 0.05) is 64.3 Å². The van der Waals surface area contributed by atoms with Crippen molar-refractivity contribution in [2.24, 2.45) is 14.1 Å². The molecule has 0 unspecified atom stereocenters. The Hall–Kier alpha value is -3.20. The molecule has 1 saturated heterocycles. The smallest absolute Gasteiger partial charge is 0.275 e. The molecule has 2 aliphatic rings. The van der Waals surface area contributed by atoms with E-state index in [1.165, 1.54) is 0 Å². The third kappa shape index (κ3) is 3.19. The van der Waals surface area contributed by atoms with Crippen molar-refractivity contribution in [3.63, 3.8) is 0 Å². The summed E-state index contributed by atoms with van der Waals surface area (Å²) in [6, 6.07) is 7.80. The molecule has 32 heavy (non-hydrogen) atoms. The molecule has 0 N–H and O–H groups in total. The van der Waals surface area contributed by atoms with Crippen molar-refractivity contribution >= 4 is 22.7 Å². The van der Waals surface area contributed by atoms with Crippen LogP contribution in [0.15, 0.2) is 24.3 Å². The van der Waals surface area contributed by atoms with Crippen LogP contribution < -0.4 is 0 Å². The second-order valence-electron chi connectivity index (χ2n) is 9.03. The van der Waals surface area contributed by atoms with Crippen LogP contribution in [0.25, 0.3) is 10.9 Å². The van der Waals surface area contributed by atoms with Crippen molar-refractivity contribution < 1.29 is 14.3 Å². The topological polar surface area (TPSA) is 85.5 Å². The maximum absolute atomic E-state index is 13.2. The van der Waals surface area contributed by atoms with Gasteiger partial charge in [-0.2, -0.15) is 10.2 Å². The maximum atomic E-state index is 13.2. The average molecular weight is 437 g/mol. The number of nitrogens with zero attached hydrogens (tertiary/aromatic N) is 6. The Labute approximate surface area is 186 Å². The Balaban J connectivity index is 1.33. The number of carbonyl (C=O) groups excluding carboxylic acids is 2. The molecule has 0 bridgehead atoms. The molecule has 4 heterocycles. The molecule has 2 aliphatic heterocycles. The van der Waals surface area contributed by atoms with Crippen molar-refractivity contribution in [1.29, 1.82) is 0 Å². The zero-order chi connectivity index (χ0) is 22.6. The van der Waals surface area contributed by atoms with Crippen molar-refractivity contribution in [3.05, 3.63) is 46.9 Å². The first-order chi connectivity index (χ1) is 15.3. The van der Waals surface area contributed by atoms with Gasteiger partial charge in [0.2, 0.25) is 0 Å². The molecule has 3 aromatic rings. The molecule has 0 aliphatic carbocycles. The van der Waals surface area contributed by atoms with E-state index in [4.69, 9.17) is 4.74 Å². The van der Waals surface area contributed by atoms with Crippen LogP contribution in [-0.2, 0) is 31.9 Å². The number of ether oxygens (including phenoxy) is 1. The molecule has 0 saturated carbocycles. The normalized spacial score (nSPS) is 17.6. The Kier molecular flexibility index (Phi) is 4.81. The average Bonchev–Trinajstić information content (AvgIpc) is 3.30. The highest BCUT2D eigenvalue weighted by Gasteiger charge is 2.43. The minimum atomic E-state index is -0.331. The summed E-state index contributed by atoms with van der Waals surface area (Å²) in [5, 5.41) is 9.85. The minimum Gasteiger partial charge on any atom is -0.370 e. The van der Waals surface area contributed by atoms with Gasteiger partial charge in [0.1, 0.15) is 0 Å². The first-order valence-corrected chi connectivity index (χ1v) is 10.9. The molecule has 1 aromatic carbocycles. The van der Waals surface area contributed by atoms with Gasteiger partial charge in [0.25, 0.3) is 11.8 Å². The number of hydrogen-bond acceptors (Lipinski definition) is 5. The fraction of sp³-hybridized carbons (Fsp3) is 0.478. The summed E-state index contributed by atoms with van der Waals surface area (Å²) in [6.45, 7) is 1.59. The Morgan fingerprint density at radius 2 is 1.72 bits per heavy atom.